The largest absolute Gasteiger partial charge is 0.673 e. The van der Waals surface area contributed by atoms with Crippen molar-refractivity contribution in [3.63, 3.8) is 0 Å². The van der Waals surface area contributed by atoms with Gasteiger partial charge in [0.05, 0.1) is 0 Å². The van der Waals surface area contributed by atoms with Gasteiger partial charge in [0.1, 0.15) is 5.25 Å². The summed E-state index contributed by atoms with van der Waals surface area (Å²) in [5, 5.41) is 0.375. The molecule has 1 saturated carbocycles. The zero-order valence-corrected chi connectivity index (χ0v) is 11.5. The molecular formula is C11H16BF4NOS. The summed E-state index contributed by atoms with van der Waals surface area (Å²) in [7, 11) is -4.14. The molecule has 1 aromatic rings. The molecule has 0 radical (unpaired) electrons. The second kappa shape index (κ2) is 6.05. The molecule has 0 spiro atoms. The second-order valence-corrected chi connectivity index (χ2v) is 7.39. The first kappa shape index (κ1) is 16.2. The third kappa shape index (κ3) is 4.95. The molecule has 1 aliphatic rings. The lowest BCUT2D eigenvalue weighted by atomic mass is 10.3. The molecule has 0 saturated heterocycles. The minimum absolute atomic E-state index is 0.375. The van der Waals surface area contributed by atoms with Crippen LogP contribution in [0, 0.1) is 0 Å². The molecule has 0 heterocycles. The molecule has 2 rings (SSSR count). The first-order valence-electron chi connectivity index (χ1n) is 5.78. The van der Waals surface area contributed by atoms with Gasteiger partial charge >= 0.3 is 7.25 Å². The van der Waals surface area contributed by atoms with E-state index in [0.717, 1.165) is 17.7 Å². The van der Waals surface area contributed by atoms with Gasteiger partial charge in [0.2, 0.25) is 0 Å². The molecule has 0 aliphatic heterocycles. The molecule has 1 atom stereocenters. The second-order valence-electron chi connectivity index (χ2n) is 4.39. The fourth-order valence-electron chi connectivity index (χ4n) is 1.70. The van der Waals surface area contributed by atoms with Crippen LogP contribution in [0.2, 0.25) is 0 Å². The highest BCUT2D eigenvalue weighted by Crippen LogP contribution is 2.40. The number of nitrogens with zero attached hydrogens (tertiary/aromatic N) is 1. The van der Waals surface area contributed by atoms with E-state index in [1.807, 2.05) is 48.7 Å². The highest BCUT2D eigenvalue weighted by atomic mass is 32.3. The molecule has 19 heavy (non-hydrogen) atoms. The molecule has 8 heteroatoms. The summed E-state index contributed by atoms with van der Waals surface area (Å²) >= 11 is 0. The van der Waals surface area contributed by atoms with Gasteiger partial charge in [-0.05, 0) is 12.1 Å². The lowest BCUT2D eigenvalue weighted by Crippen LogP contribution is -2.33. The number of rotatable bonds is 3. The highest BCUT2D eigenvalue weighted by Gasteiger charge is 2.51. The molecular weight excluding hydrogens is 281 g/mol. The van der Waals surface area contributed by atoms with Gasteiger partial charge in [-0.2, -0.15) is 0 Å². The van der Waals surface area contributed by atoms with Crippen LogP contribution in [0.4, 0.5) is 17.3 Å². The van der Waals surface area contributed by atoms with Gasteiger partial charge in [-0.1, -0.05) is 22.4 Å². The van der Waals surface area contributed by atoms with Crippen LogP contribution in [0.3, 0.4) is 0 Å². The van der Waals surface area contributed by atoms with Crippen molar-refractivity contribution in [1.29, 1.82) is 0 Å². The summed E-state index contributed by atoms with van der Waals surface area (Å²) < 4.78 is 53.7. The van der Waals surface area contributed by atoms with Crippen molar-refractivity contribution in [2.75, 3.05) is 14.1 Å². The maximum absolute atomic E-state index is 12.8. The topological polar surface area (TPSA) is 20.3 Å². The van der Waals surface area contributed by atoms with E-state index in [2.05, 4.69) is 0 Å². The van der Waals surface area contributed by atoms with Crippen molar-refractivity contribution in [3.8, 4) is 0 Å². The zero-order chi connectivity index (χ0) is 14.7. The number of hydrogen-bond donors (Lipinski definition) is 0. The smallest absolute Gasteiger partial charge is 0.418 e. The fraction of sp³-hybridized carbons (Fsp3) is 0.455. The van der Waals surface area contributed by atoms with Crippen LogP contribution in [-0.2, 0) is 14.3 Å². The third-order valence-corrected chi connectivity index (χ3v) is 6.01. The van der Waals surface area contributed by atoms with Crippen LogP contribution in [0.15, 0.2) is 35.2 Å². The van der Waals surface area contributed by atoms with Crippen molar-refractivity contribution in [3.05, 3.63) is 30.3 Å². The maximum atomic E-state index is 12.8. The quantitative estimate of drug-likeness (QED) is 0.475. The average molecular weight is 297 g/mol. The Labute approximate surface area is 111 Å². The van der Waals surface area contributed by atoms with Crippen LogP contribution >= 0.6 is 0 Å². The van der Waals surface area contributed by atoms with Gasteiger partial charge < -0.3 is 17.3 Å². The Kier molecular flexibility index (Phi) is 5.14. The molecule has 0 amide bonds. The normalized spacial score (nSPS) is 18.5. The minimum Gasteiger partial charge on any atom is -0.418 e. The van der Waals surface area contributed by atoms with E-state index in [1.165, 1.54) is 0 Å². The summed E-state index contributed by atoms with van der Waals surface area (Å²) in [6.07, 6.45) is 2.21. The SMILES string of the molecule is CN(C)[S+](=O)(c1ccccc1)C1CC1.F[B-](F)(F)F. The van der Waals surface area contributed by atoms with Gasteiger partial charge in [-0.15, -0.1) is 4.31 Å². The first-order chi connectivity index (χ1) is 8.65. The molecule has 1 unspecified atom stereocenters. The molecule has 0 bridgehead atoms. The number of halogens is 4. The highest BCUT2D eigenvalue weighted by molar-refractivity contribution is 8.01. The predicted octanol–water partition coefficient (Wildman–Crippen LogP) is 3.48. The minimum atomic E-state index is -6.00. The van der Waals surface area contributed by atoms with Crippen molar-refractivity contribution in [2.45, 2.75) is 23.0 Å². The molecule has 1 aromatic carbocycles. The third-order valence-electron chi connectivity index (χ3n) is 2.60. The molecule has 0 N–H and O–H groups in total. The van der Waals surface area contributed by atoms with Crippen LogP contribution in [0.1, 0.15) is 12.8 Å². The van der Waals surface area contributed by atoms with E-state index < -0.39 is 17.4 Å². The van der Waals surface area contributed by atoms with Crippen molar-refractivity contribution in [2.24, 2.45) is 0 Å². The van der Waals surface area contributed by atoms with E-state index in [9.17, 15) is 21.5 Å². The Morgan fingerprint density at radius 2 is 1.53 bits per heavy atom. The van der Waals surface area contributed by atoms with E-state index >= 15 is 0 Å². The summed E-state index contributed by atoms with van der Waals surface area (Å²) in [6.45, 7) is 0. The van der Waals surface area contributed by atoms with Crippen LogP contribution in [0.5, 0.6) is 0 Å². The van der Waals surface area contributed by atoms with Gasteiger partial charge in [-0.25, -0.2) is 0 Å². The molecule has 0 aromatic heterocycles. The van der Waals surface area contributed by atoms with Crippen molar-refractivity contribution >= 4 is 17.4 Å². The van der Waals surface area contributed by atoms with Crippen molar-refractivity contribution < 1.29 is 21.5 Å². The van der Waals surface area contributed by atoms with E-state index in [4.69, 9.17) is 0 Å². The molecule has 1 aliphatic carbocycles. The number of hydrogen-bond acceptors (Lipinski definition) is 1. The van der Waals surface area contributed by atoms with E-state index in [1.54, 1.807) is 0 Å². The van der Waals surface area contributed by atoms with Gasteiger partial charge in [0, 0.05) is 26.9 Å². The van der Waals surface area contributed by atoms with Crippen LogP contribution in [-0.4, -0.2) is 30.9 Å². The Morgan fingerprint density at radius 3 is 1.84 bits per heavy atom. The Bertz CT molecular complexity index is 436. The number of benzene rings is 1. The molecule has 1 fully saturated rings. The standard InChI is InChI=1S/C11H16NOS.BF4/c1-12(2)14(13,11-8-9-11)10-6-4-3-5-7-10;2-1(3,4)5/h3-7,11H,8-9H2,1-2H3;/q+1;-1. The fourth-order valence-corrected chi connectivity index (χ4v) is 4.43. The Morgan fingerprint density at radius 1 is 1.11 bits per heavy atom. The van der Waals surface area contributed by atoms with E-state index in [0.29, 0.717) is 5.25 Å². The van der Waals surface area contributed by atoms with Gasteiger partial charge in [0.25, 0.3) is 0 Å². The first-order valence-corrected chi connectivity index (χ1v) is 7.36. The summed E-state index contributed by atoms with van der Waals surface area (Å²) in [6, 6.07) is 9.83. The Hall–Kier alpha value is -0.885. The molecule has 108 valence electrons. The van der Waals surface area contributed by atoms with Crippen LogP contribution in [0.25, 0.3) is 0 Å². The van der Waals surface area contributed by atoms with Crippen molar-refractivity contribution in [1.82, 2.24) is 4.31 Å². The van der Waals surface area contributed by atoms with E-state index in [-0.39, 0.29) is 0 Å². The summed E-state index contributed by atoms with van der Waals surface area (Å²) in [5.41, 5.74) is 0. The lowest BCUT2D eigenvalue weighted by molar-refractivity contribution is 0.368. The van der Waals surface area contributed by atoms with Gasteiger partial charge in [-0.3, -0.25) is 0 Å². The monoisotopic (exact) mass is 297 g/mol. The lowest BCUT2D eigenvalue weighted by Gasteiger charge is -2.16. The zero-order valence-electron chi connectivity index (χ0n) is 10.7. The molecule has 2 nitrogen and oxygen atoms in total. The van der Waals surface area contributed by atoms with Gasteiger partial charge in [0.15, 0.2) is 15.0 Å². The summed E-state index contributed by atoms with van der Waals surface area (Å²) in [5.74, 6) is 0. The average Bonchev–Trinajstić information content (AvgIpc) is 3.10. The predicted molar refractivity (Wildman–Crippen MR) is 69.7 cm³/mol. The summed E-state index contributed by atoms with van der Waals surface area (Å²) in [4.78, 5) is 0.979. The Balaban J connectivity index is 0.000000312. The maximum Gasteiger partial charge on any atom is 0.673 e. The van der Waals surface area contributed by atoms with Crippen LogP contribution < -0.4 is 0 Å².